The fourth-order valence-electron chi connectivity index (χ4n) is 3.54. The average Bonchev–Trinajstić information content (AvgIpc) is 2.56. The smallest absolute Gasteiger partial charge is 0.118 e. The van der Waals surface area contributed by atoms with Crippen LogP contribution in [0.25, 0.3) is 0 Å². The molecule has 0 atom stereocenters. The third kappa shape index (κ3) is 6.00. The summed E-state index contributed by atoms with van der Waals surface area (Å²) in [7, 11) is 1.73. The van der Waals surface area contributed by atoms with Crippen molar-refractivity contribution in [2.24, 2.45) is 5.92 Å². The van der Waals surface area contributed by atoms with Gasteiger partial charge in [-0.25, -0.2) is 0 Å². The molecule has 1 aliphatic carbocycles. The van der Waals surface area contributed by atoms with Crippen LogP contribution in [0.2, 0.25) is 0 Å². The van der Waals surface area contributed by atoms with Gasteiger partial charge in [-0.3, -0.25) is 4.90 Å². The molecule has 0 saturated heterocycles. The van der Waals surface area contributed by atoms with Crippen molar-refractivity contribution >= 4 is 0 Å². The molecule has 22 heavy (non-hydrogen) atoms. The van der Waals surface area contributed by atoms with Crippen molar-refractivity contribution in [2.75, 3.05) is 20.2 Å². The van der Waals surface area contributed by atoms with Crippen LogP contribution >= 0.6 is 0 Å². The number of unbranched alkanes of at least 4 members (excludes halogenated alkanes) is 2. The highest BCUT2D eigenvalue weighted by Crippen LogP contribution is 2.25. The van der Waals surface area contributed by atoms with E-state index in [1.807, 2.05) is 0 Å². The molecule has 1 aromatic carbocycles. The number of hydrogen-bond donors (Lipinski definition) is 0. The zero-order chi connectivity index (χ0) is 15.6. The van der Waals surface area contributed by atoms with Crippen molar-refractivity contribution in [1.29, 1.82) is 0 Å². The molecule has 1 saturated carbocycles. The van der Waals surface area contributed by atoms with Crippen molar-refractivity contribution in [3.05, 3.63) is 29.8 Å². The molecule has 0 spiro atoms. The maximum atomic E-state index is 5.26. The molecule has 0 N–H and O–H groups in total. The highest BCUT2D eigenvalue weighted by Gasteiger charge is 2.17. The van der Waals surface area contributed by atoms with E-state index in [0.717, 1.165) is 18.2 Å². The second kappa shape index (κ2) is 9.89. The Hall–Kier alpha value is -1.02. The lowest BCUT2D eigenvalue weighted by molar-refractivity contribution is 0.191. The Morgan fingerprint density at radius 1 is 1.05 bits per heavy atom. The summed E-state index contributed by atoms with van der Waals surface area (Å²) in [6.45, 7) is 5.91. The summed E-state index contributed by atoms with van der Waals surface area (Å²) >= 11 is 0. The van der Waals surface area contributed by atoms with Crippen LogP contribution in [0.3, 0.4) is 0 Å². The highest BCUT2D eigenvalue weighted by molar-refractivity contribution is 5.27. The number of benzene rings is 1. The lowest BCUT2D eigenvalue weighted by atomic mass is 9.89. The van der Waals surface area contributed by atoms with Crippen molar-refractivity contribution in [2.45, 2.75) is 64.8 Å². The van der Waals surface area contributed by atoms with E-state index in [2.05, 4.69) is 36.1 Å². The molecule has 0 heterocycles. The minimum absolute atomic E-state index is 0.925. The minimum Gasteiger partial charge on any atom is -0.497 e. The predicted molar refractivity (Wildman–Crippen MR) is 94.4 cm³/mol. The Morgan fingerprint density at radius 2 is 1.77 bits per heavy atom. The molecule has 1 aliphatic rings. The number of hydrogen-bond acceptors (Lipinski definition) is 2. The Balaban J connectivity index is 1.89. The monoisotopic (exact) mass is 303 g/mol. The van der Waals surface area contributed by atoms with Crippen LogP contribution in [0, 0.1) is 5.92 Å². The molecule has 124 valence electrons. The lowest BCUT2D eigenvalue weighted by Crippen LogP contribution is -2.31. The first-order chi connectivity index (χ1) is 10.8. The van der Waals surface area contributed by atoms with E-state index in [0.29, 0.717) is 0 Å². The lowest BCUT2D eigenvalue weighted by Gasteiger charge is -2.30. The minimum atomic E-state index is 0.925. The number of ether oxygens (including phenoxy) is 1. The molecule has 2 rings (SSSR count). The predicted octanol–water partition coefficient (Wildman–Crippen LogP) is 5.27. The molecule has 0 aliphatic heterocycles. The summed E-state index contributed by atoms with van der Waals surface area (Å²) in [5, 5.41) is 0. The third-order valence-corrected chi connectivity index (χ3v) is 4.88. The average molecular weight is 303 g/mol. The van der Waals surface area contributed by atoms with Gasteiger partial charge >= 0.3 is 0 Å². The van der Waals surface area contributed by atoms with Gasteiger partial charge in [-0.15, -0.1) is 0 Å². The van der Waals surface area contributed by atoms with Crippen LogP contribution in [0.4, 0.5) is 0 Å². The van der Waals surface area contributed by atoms with E-state index in [1.54, 1.807) is 7.11 Å². The van der Waals surface area contributed by atoms with Crippen LogP contribution < -0.4 is 4.74 Å². The fourth-order valence-corrected chi connectivity index (χ4v) is 3.54. The number of rotatable bonds is 9. The van der Waals surface area contributed by atoms with Crippen LogP contribution in [0.5, 0.6) is 5.75 Å². The molecular formula is C20H33NO. The SMILES string of the molecule is CCCCCN(Cc1ccc(OC)cc1)CC1CCCCC1. The first-order valence-corrected chi connectivity index (χ1v) is 9.17. The van der Waals surface area contributed by atoms with E-state index in [4.69, 9.17) is 4.74 Å². The van der Waals surface area contributed by atoms with Crippen LogP contribution in [-0.4, -0.2) is 25.1 Å². The van der Waals surface area contributed by atoms with Crippen molar-refractivity contribution in [3.63, 3.8) is 0 Å². The fraction of sp³-hybridized carbons (Fsp3) is 0.700. The zero-order valence-electron chi connectivity index (χ0n) is 14.5. The van der Waals surface area contributed by atoms with Gasteiger partial charge in [0.2, 0.25) is 0 Å². The molecule has 0 aromatic heterocycles. The van der Waals surface area contributed by atoms with Gasteiger partial charge in [0.15, 0.2) is 0 Å². The second-order valence-corrected chi connectivity index (χ2v) is 6.79. The molecule has 2 nitrogen and oxygen atoms in total. The van der Waals surface area contributed by atoms with E-state index < -0.39 is 0 Å². The molecule has 1 fully saturated rings. The van der Waals surface area contributed by atoms with Gasteiger partial charge in [-0.2, -0.15) is 0 Å². The molecule has 0 bridgehead atoms. The molecule has 0 radical (unpaired) electrons. The van der Waals surface area contributed by atoms with E-state index in [1.165, 1.54) is 70.0 Å². The highest BCUT2D eigenvalue weighted by atomic mass is 16.5. The maximum absolute atomic E-state index is 5.26. The Bertz CT molecular complexity index is 395. The largest absolute Gasteiger partial charge is 0.497 e. The molecular weight excluding hydrogens is 270 g/mol. The van der Waals surface area contributed by atoms with Gasteiger partial charge < -0.3 is 4.74 Å². The molecule has 2 heteroatoms. The van der Waals surface area contributed by atoms with Crippen molar-refractivity contribution < 1.29 is 4.74 Å². The van der Waals surface area contributed by atoms with Gasteiger partial charge in [0.25, 0.3) is 0 Å². The molecule has 0 unspecified atom stereocenters. The Labute approximate surface area is 136 Å². The van der Waals surface area contributed by atoms with Gasteiger partial charge in [0, 0.05) is 13.1 Å². The van der Waals surface area contributed by atoms with E-state index in [9.17, 15) is 0 Å². The quantitative estimate of drug-likeness (QED) is 0.576. The van der Waals surface area contributed by atoms with Gasteiger partial charge in [0.05, 0.1) is 7.11 Å². The summed E-state index contributed by atoms with van der Waals surface area (Å²) in [4.78, 5) is 2.69. The van der Waals surface area contributed by atoms with Crippen LogP contribution in [0.1, 0.15) is 63.9 Å². The summed E-state index contributed by atoms with van der Waals surface area (Å²) in [5.74, 6) is 1.88. The third-order valence-electron chi connectivity index (χ3n) is 4.88. The zero-order valence-corrected chi connectivity index (χ0v) is 14.5. The summed E-state index contributed by atoms with van der Waals surface area (Å²) < 4.78 is 5.26. The van der Waals surface area contributed by atoms with Crippen LogP contribution in [-0.2, 0) is 6.54 Å². The summed E-state index contributed by atoms with van der Waals surface area (Å²) in [6.07, 6.45) is 11.2. The number of nitrogens with zero attached hydrogens (tertiary/aromatic N) is 1. The maximum Gasteiger partial charge on any atom is 0.118 e. The topological polar surface area (TPSA) is 12.5 Å². The first-order valence-electron chi connectivity index (χ1n) is 9.17. The second-order valence-electron chi connectivity index (χ2n) is 6.79. The van der Waals surface area contributed by atoms with Gasteiger partial charge in [0.1, 0.15) is 5.75 Å². The Kier molecular flexibility index (Phi) is 7.79. The molecule has 0 amide bonds. The Morgan fingerprint density at radius 3 is 2.41 bits per heavy atom. The van der Waals surface area contributed by atoms with E-state index >= 15 is 0 Å². The number of methoxy groups -OCH3 is 1. The normalized spacial score (nSPS) is 16.1. The van der Waals surface area contributed by atoms with Gasteiger partial charge in [-0.1, -0.05) is 51.2 Å². The van der Waals surface area contributed by atoms with Crippen molar-refractivity contribution in [3.8, 4) is 5.75 Å². The van der Waals surface area contributed by atoms with Crippen molar-refractivity contribution in [1.82, 2.24) is 4.90 Å². The van der Waals surface area contributed by atoms with E-state index in [-0.39, 0.29) is 0 Å². The standard InChI is InChI=1S/C20H33NO/c1-3-4-8-15-21(16-18-9-6-5-7-10-18)17-19-11-13-20(22-2)14-12-19/h11-14,18H,3-10,15-17H2,1-2H3. The molecule has 1 aromatic rings. The first kappa shape index (κ1) is 17.3. The summed E-state index contributed by atoms with van der Waals surface area (Å²) in [5.41, 5.74) is 1.41. The van der Waals surface area contributed by atoms with Gasteiger partial charge in [-0.05, 0) is 49.4 Å². The summed E-state index contributed by atoms with van der Waals surface area (Å²) in [6, 6.07) is 8.60. The van der Waals surface area contributed by atoms with Crippen LogP contribution in [0.15, 0.2) is 24.3 Å².